The number of cyclic esters (lactones) is 1. The molecule has 0 saturated carbocycles. The van der Waals surface area contributed by atoms with Crippen molar-refractivity contribution < 1.29 is 23.1 Å². The van der Waals surface area contributed by atoms with Crippen LogP contribution in [0.15, 0.2) is 41.2 Å². The predicted molar refractivity (Wildman–Crippen MR) is 109 cm³/mol. The normalized spacial score (nSPS) is 19.8. The second-order valence-corrected chi connectivity index (χ2v) is 7.58. The zero-order valence-electron chi connectivity index (χ0n) is 16.8. The van der Waals surface area contributed by atoms with Crippen molar-refractivity contribution in [3.8, 4) is 0 Å². The molecule has 0 spiro atoms. The molecular formula is C21H25FN4O4. The summed E-state index contributed by atoms with van der Waals surface area (Å²) in [6, 6.07) is 6.77. The van der Waals surface area contributed by atoms with Crippen LogP contribution in [0.3, 0.4) is 0 Å². The third-order valence-corrected chi connectivity index (χ3v) is 5.39. The van der Waals surface area contributed by atoms with Crippen molar-refractivity contribution in [1.29, 1.82) is 0 Å². The van der Waals surface area contributed by atoms with Crippen LogP contribution in [0.2, 0.25) is 0 Å². The van der Waals surface area contributed by atoms with E-state index in [4.69, 9.17) is 9.15 Å². The number of amides is 2. The smallest absolute Gasteiger partial charge is 0.414 e. The van der Waals surface area contributed by atoms with Crippen molar-refractivity contribution in [3.63, 3.8) is 0 Å². The lowest BCUT2D eigenvalue weighted by Crippen LogP contribution is -2.46. The second kappa shape index (κ2) is 8.74. The Morgan fingerprint density at radius 1 is 1.23 bits per heavy atom. The highest BCUT2D eigenvalue weighted by Gasteiger charge is 2.33. The minimum Gasteiger partial charge on any atom is -0.472 e. The number of furan rings is 1. The number of hydrogen-bond acceptors (Lipinski definition) is 6. The third-order valence-electron chi connectivity index (χ3n) is 5.39. The molecule has 1 atom stereocenters. The molecule has 3 heterocycles. The van der Waals surface area contributed by atoms with Crippen LogP contribution in [0.5, 0.6) is 0 Å². The Morgan fingerprint density at radius 2 is 2.03 bits per heavy atom. The summed E-state index contributed by atoms with van der Waals surface area (Å²) in [4.78, 5) is 28.9. The summed E-state index contributed by atoms with van der Waals surface area (Å²) in [5.74, 6) is -0.557. The summed E-state index contributed by atoms with van der Waals surface area (Å²) in [5, 5.41) is 2.63. The molecule has 2 amide bonds. The number of carbonyl (C=O) groups excluding carboxylic acids is 2. The maximum atomic E-state index is 14.9. The van der Waals surface area contributed by atoms with Gasteiger partial charge in [-0.15, -0.1) is 0 Å². The predicted octanol–water partition coefficient (Wildman–Crippen LogP) is 2.20. The highest BCUT2D eigenvalue weighted by Crippen LogP contribution is 2.28. The van der Waals surface area contributed by atoms with Gasteiger partial charge in [0.15, 0.2) is 0 Å². The van der Waals surface area contributed by atoms with Crippen LogP contribution in [0.25, 0.3) is 0 Å². The van der Waals surface area contributed by atoms with Gasteiger partial charge in [-0.05, 0) is 24.3 Å². The Morgan fingerprint density at radius 3 is 2.70 bits per heavy atom. The van der Waals surface area contributed by atoms with Crippen molar-refractivity contribution in [3.05, 3.63) is 48.2 Å². The summed E-state index contributed by atoms with van der Waals surface area (Å²) in [6.45, 7) is 5.83. The summed E-state index contributed by atoms with van der Waals surface area (Å²) in [5.41, 5.74) is 2.11. The van der Waals surface area contributed by atoms with Crippen molar-refractivity contribution in [2.75, 3.05) is 49.1 Å². The van der Waals surface area contributed by atoms with E-state index in [1.807, 2.05) is 11.0 Å². The van der Waals surface area contributed by atoms with E-state index >= 15 is 0 Å². The third kappa shape index (κ3) is 4.56. The Kier molecular flexibility index (Phi) is 5.89. The first kappa shape index (κ1) is 20.2. The first-order chi connectivity index (χ1) is 14.5. The topological polar surface area (TPSA) is 78.3 Å². The van der Waals surface area contributed by atoms with Crippen molar-refractivity contribution >= 4 is 23.4 Å². The molecule has 8 nitrogen and oxygen atoms in total. The zero-order chi connectivity index (χ0) is 21.1. The zero-order valence-corrected chi connectivity index (χ0v) is 16.8. The van der Waals surface area contributed by atoms with Crippen LogP contribution in [0, 0.1) is 5.82 Å². The molecule has 0 radical (unpaired) electrons. The maximum Gasteiger partial charge on any atom is 0.414 e. The minimum atomic E-state index is -0.537. The van der Waals surface area contributed by atoms with E-state index in [-0.39, 0.29) is 24.8 Å². The molecule has 0 aliphatic carbocycles. The summed E-state index contributed by atoms with van der Waals surface area (Å²) in [7, 11) is 0. The number of nitrogens with one attached hydrogen (secondary N) is 1. The number of piperazine rings is 1. The molecule has 0 unspecified atom stereocenters. The fourth-order valence-corrected chi connectivity index (χ4v) is 3.80. The van der Waals surface area contributed by atoms with Crippen LogP contribution in [0.1, 0.15) is 12.5 Å². The van der Waals surface area contributed by atoms with Gasteiger partial charge in [0, 0.05) is 45.2 Å². The number of halogens is 1. The van der Waals surface area contributed by atoms with Gasteiger partial charge in [0.25, 0.3) is 0 Å². The van der Waals surface area contributed by atoms with Gasteiger partial charge in [0.1, 0.15) is 11.9 Å². The first-order valence-electron chi connectivity index (χ1n) is 10.00. The molecule has 2 saturated heterocycles. The number of hydrogen-bond donors (Lipinski definition) is 1. The molecule has 2 aliphatic rings. The van der Waals surface area contributed by atoms with E-state index in [1.165, 1.54) is 17.9 Å². The van der Waals surface area contributed by atoms with Crippen LogP contribution in [-0.2, 0) is 16.1 Å². The van der Waals surface area contributed by atoms with E-state index in [2.05, 4.69) is 10.2 Å². The number of anilines is 2. The largest absolute Gasteiger partial charge is 0.472 e. The number of benzene rings is 1. The first-order valence-corrected chi connectivity index (χ1v) is 10.00. The van der Waals surface area contributed by atoms with E-state index < -0.39 is 12.2 Å². The molecule has 0 bridgehead atoms. The number of rotatable bonds is 6. The van der Waals surface area contributed by atoms with Gasteiger partial charge in [-0.25, -0.2) is 9.18 Å². The fraction of sp³-hybridized carbons (Fsp3) is 0.429. The van der Waals surface area contributed by atoms with Crippen molar-refractivity contribution in [1.82, 2.24) is 10.2 Å². The average molecular weight is 416 g/mol. The SMILES string of the molecule is CC(=O)NC[C@H]1CN(c2ccc(N3CCN(Cc4ccoc4)CC3)c(F)c2)C(=O)O1. The van der Waals surface area contributed by atoms with E-state index in [0.717, 1.165) is 38.3 Å². The second-order valence-electron chi connectivity index (χ2n) is 7.58. The lowest BCUT2D eigenvalue weighted by atomic mass is 10.2. The molecule has 9 heteroatoms. The van der Waals surface area contributed by atoms with Crippen LogP contribution < -0.4 is 15.1 Å². The highest BCUT2D eigenvalue weighted by atomic mass is 19.1. The molecule has 1 aromatic heterocycles. The molecule has 1 aromatic carbocycles. The summed E-state index contributed by atoms with van der Waals surface area (Å²) in [6.07, 6.45) is 2.42. The molecular weight excluding hydrogens is 391 g/mol. The Hall–Kier alpha value is -3.07. The number of ether oxygens (including phenoxy) is 1. The summed E-state index contributed by atoms with van der Waals surface area (Å²) >= 11 is 0. The number of nitrogens with zero attached hydrogens (tertiary/aromatic N) is 3. The molecule has 2 aliphatic heterocycles. The van der Waals surface area contributed by atoms with Crippen LogP contribution >= 0.6 is 0 Å². The molecule has 30 heavy (non-hydrogen) atoms. The van der Waals surface area contributed by atoms with E-state index in [1.54, 1.807) is 24.7 Å². The van der Waals surface area contributed by atoms with E-state index in [9.17, 15) is 14.0 Å². The molecule has 1 N–H and O–H groups in total. The van der Waals surface area contributed by atoms with Gasteiger partial charge in [-0.2, -0.15) is 0 Å². The quantitative estimate of drug-likeness (QED) is 0.778. The van der Waals surface area contributed by atoms with Gasteiger partial charge in [0.2, 0.25) is 5.91 Å². The highest BCUT2D eigenvalue weighted by molar-refractivity contribution is 5.90. The Balaban J connectivity index is 1.35. The summed E-state index contributed by atoms with van der Waals surface area (Å²) < 4.78 is 25.2. The Bertz CT molecular complexity index is 896. The van der Waals surface area contributed by atoms with Crippen LogP contribution in [0.4, 0.5) is 20.6 Å². The van der Waals surface area contributed by atoms with Gasteiger partial charge in [-0.1, -0.05) is 0 Å². The van der Waals surface area contributed by atoms with Crippen LogP contribution in [-0.4, -0.2) is 62.3 Å². The monoisotopic (exact) mass is 416 g/mol. The molecule has 160 valence electrons. The lowest BCUT2D eigenvalue weighted by Gasteiger charge is -2.36. The molecule has 4 rings (SSSR count). The Labute approximate surface area is 174 Å². The lowest BCUT2D eigenvalue weighted by molar-refractivity contribution is -0.119. The fourth-order valence-electron chi connectivity index (χ4n) is 3.80. The average Bonchev–Trinajstić information content (AvgIpc) is 3.36. The van der Waals surface area contributed by atoms with Crippen molar-refractivity contribution in [2.45, 2.75) is 19.6 Å². The van der Waals surface area contributed by atoms with Crippen molar-refractivity contribution in [2.24, 2.45) is 0 Å². The van der Waals surface area contributed by atoms with Gasteiger partial charge < -0.3 is 19.4 Å². The minimum absolute atomic E-state index is 0.190. The van der Waals surface area contributed by atoms with Gasteiger partial charge >= 0.3 is 6.09 Å². The van der Waals surface area contributed by atoms with Gasteiger partial charge in [-0.3, -0.25) is 14.6 Å². The maximum absolute atomic E-state index is 14.9. The van der Waals surface area contributed by atoms with E-state index in [0.29, 0.717) is 11.4 Å². The molecule has 2 aromatic rings. The standard InChI is InChI=1S/C21H25FN4O4/c1-15(27)23-11-18-13-26(21(28)30-18)17-2-3-20(19(22)10-17)25-7-5-24(6-8-25)12-16-4-9-29-14-16/h2-4,9-10,14,18H,5-8,11-13H2,1H3,(H,23,27)/t18-/m0/s1. The number of carbonyl (C=O) groups is 2. The van der Waals surface area contributed by atoms with Gasteiger partial charge in [0.05, 0.1) is 37.0 Å². The molecule has 2 fully saturated rings.